The molecule has 0 fully saturated rings. The van der Waals surface area contributed by atoms with E-state index in [1.165, 1.54) is 0 Å². The summed E-state index contributed by atoms with van der Waals surface area (Å²) in [6.45, 7) is 6.38. The highest BCUT2D eigenvalue weighted by molar-refractivity contribution is 7.11. The van der Waals surface area contributed by atoms with Crippen molar-refractivity contribution < 1.29 is 14.6 Å². The predicted molar refractivity (Wildman–Crippen MR) is 83.8 cm³/mol. The van der Waals surface area contributed by atoms with Gasteiger partial charge in [-0.05, 0) is 55.7 Å². The Bertz CT molecular complexity index is 666. The number of aromatic nitrogens is 1. The van der Waals surface area contributed by atoms with Crippen LogP contribution < -0.4 is 4.74 Å². The molecule has 4 nitrogen and oxygen atoms in total. The highest BCUT2D eigenvalue weighted by atomic mass is 32.1. The van der Waals surface area contributed by atoms with Crippen LogP contribution in [0.4, 0.5) is 0 Å². The first-order chi connectivity index (χ1) is 9.95. The Morgan fingerprint density at radius 1 is 1.33 bits per heavy atom. The number of ether oxygens (including phenoxy) is 1. The van der Waals surface area contributed by atoms with E-state index in [1.54, 1.807) is 17.4 Å². The monoisotopic (exact) mass is 303 g/mol. The van der Waals surface area contributed by atoms with Crippen molar-refractivity contribution in [3.05, 3.63) is 51.0 Å². The minimum Gasteiger partial charge on any atom is -0.487 e. The topological polar surface area (TPSA) is 59.4 Å². The summed E-state index contributed by atoms with van der Waals surface area (Å²) in [5, 5.41) is 9.69. The van der Waals surface area contributed by atoms with Crippen molar-refractivity contribution in [1.82, 2.24) is 4.98 Å². The Morgan fingerprint density at radius 3 is 2.52 bits per heavy atom. The summed E-state index contributed by atoms with van der Waals surface area (Å²) in [5.41, 5.74) is 2.83. The lowest BCUT2D eigenvalue weighted by Crippen LogP contribution is -1.98. The lowest BCUT2D eigenvalue weighted by atomic mass is 10.1. The van der Waals surface area contributed by atoms with Crippen molar-refractivity contribution in [2.24, 2.45) is 0 Å². The minimum absolute atomic E-state index is 0.498. The predicted octanol–water partition coefficient (Wildman–Crippen LogP) is 3.75. The number of benzene rings is 1. The lowest BCUT2D eigenvalue weighted by molar-refractivity contribution is -0.131. The Morgan fingerprint density at radius 2 is 2.00 bits per heavy atom. The maximum Gasteiger partial charge on any atom is 0.328 e. The van der Waals surface area contributed by atoms with E-state index in [4.69, 9.17) is 9.84 Å². The molecular weight excluding hydrogens is 286 g/mol. The van der Waals surface area contributed by atoms with E-state index in [-0.39, 0.29) is 0 Å². The van der Waals surface area contributed by atoms with Crippen LogP contribution in [0.5, 0.6) is 5.75 Å². The van der Waals surface area contributed by atoms with E-state index in [2.05, 4.69) is 4.98 Å². The van der Waals surface area contributed by atoms with Crippen LogP contribution in [0.25, 0.3) is 6.08 Å². The molecule has 0 radical (unpaired) electrons. The van der Waals surface area contributed by atoms with Gasteiger partial charge in [0.25, 0.3) is 0 Å². The molecule has 110 valence electrons. The Kier molecular flexibility index (Phi) is 4.75. The van der Waals surface area contributed by atoms with E-state index in [1.807, 2.05) is 39.1 Å². The number of hydrogen-bond donors (Lipinski definition) is 1. The second kappa shape index (κ2) is 6.54. The third-order valence-electron chi connectivity index (χ3n) is 2.93. The summed E-state index contributed by atoms with van der Waals surface area (Å²) in [5.74, 6) is -0.111. The van der Waals surface area contributed by atoms with Gasteiger partial charge >= 0.3 is 5.97 Å². The van der Waals surface area contributed by atoms with Gasteiger partial charge in [-0.2, -0.15) is 0 Å². The molecule has 0 atom stereocenters. The molecule has 0 amide bonds. The Labute approximate surface area is 127 Å². The van der Waals surface area contributed by atoms with E-state index < -0.39 is 5.97 Å². The van der Waals surface area contributed by atoms with Crippen LogP contribution in [-0.4, -0.2) is 16.1 Å². The molecule has 2 aromatic rings. The zero-order chi connectivity index (χ0) is 15.4. The van der Waals surface area contributed by atoms with E-state index in [9.17, 15) is 4.79 Å². The van der Waals surface area contributed by atoms with Gasteiger partial charge in [-0.1, -0.05) is 0 Å². The average molecular weight is 303 g/mol. The van der Waals surface area contributed by atoms with Gasteiger partial charge < -0.3 is 9.84 Å². The highest BCUT2D eigenvalue weighted by Gasteiger charge is 2.07. The molecule has 2 rings (SSSR count). The molecule has 5 heteroatoms. The molecule has 0 aliphatic rings. The first-order valence-electron chi connectivity index (χ1n) is 6.52. The molecule has 0 bridgehead atoms. The van der Waals surface area contributed by atoms with E-state index in [0.29, 0.717) is 6.61 Å². The lowest BCUT2D eigenvalue weighted by Gasteiger charge is -2.12. The number of nitrogens with zero attached hydrogens (tertiary/aromatic N) is 1. The Balaban J connectivity index is 2.15. The number of carboxylic acid groups (broad SMARTS) is 1. The zero-order valence-electron chi connectivity index (χ0n) is 12.2. The molecule has 0 saturated carbocycles. The summed E-state index contributed by atoms with van der Waals surface area (Å²) in [7, 11) is 0. The zero-order valence-corrected chi connectivity index (χ0v) is 13.0. The fraction of sp³-hybridized carbons (Fsp3) is 0.250. The standard InChI is InChI=1S/C16H17NO3S/c1-10-6-13(4-5-15(18)19)7-11(2)16(10)20-9-14-8-17-12(3)21-14/h4-8H,9H2,1-3H3,(H,18,19). The molecule has 0 spiro atoms. The van der Waals surface area contributed by atoms with Crippen molar-refractivity contribution in [1.29, 1.82) is 0 Å². The normalized spacial score (nSPS) is 11.0. The van der Waals surface area contributed by atoms with Gasteiger partial charge in [0.2, 0.25) is 0 Å². The van der Waals surface area contributed by atoms with Gasteiger partial charge in [-0.15, -0.1) is 11.3 Å². The maximum atomic E-state index is 10.6. The summed E-state index contributed by atoms with van der Waals surface area (Å²) >= 11 is 1.62. The second-order valence-electron chi connectivity index (χ2n) is 4.79. The quantitative estimate of drug-likeness (QED) is 0.855. The summed E-state index contributed by atoms with van der Waals surface area (Å²) in [6, 6.07) is 3.83. The summed E-state index contributed by atoms with van der Waals surface area (Å²) in [6.07, 6.45) is 4.54. The molecule has 0 aliphatic carbocycles. The Hall–Kier alpha value is -2.14. The summed E-state index contributed by atoms with van der Waals surface area (Å²) < 4.78 is 5.88. The highest BCUT2D eigenvalue weighted by Crippen LogP contribution is 2.27. The van der Waals surface area contributed by atoms with E-state index in [0.717, 1.165) is 38.4 Å². The number of thiazole rings is 1. The van der Waals surface area contributed by atoms with Crippen LogP contribution in [-0.2, 0) is 11.4 Å². The van der Waals surface area contributed by atoms with Crippen LogP contribution in [0.3, 0.4) is 0 Å². The molecule has 1 heterocycles. The van der Waals surface area contributed by atoms with Crippen molar-refractivity contribution in [2.45, 2.75) is 27.4 Å². The number of aliphatic carboxylic acids is 1. The van der Waals surface area contributed by atoms with Gasteiger partial charge in [0.1, 0.15) is 12.4 Å². The number of carboxylic acids is 1. The smallest absolute Gasteiger partial charge is 0.328 e. The van der Waals surface area contributed by atoms with Gasteiger partial charge in [0, 0.05) is 12.3 Å². The second-order valence-corrected chi connectivity index (χ2v) is 6.11. The number of rotatable bonds is 5. The van der Waals surface area contributed by atoms with Crippen LogP contribution >= 0.6 is 11.3 Å². The maximum absolute atomic E-state index is 10.6. The molecule has 21 heavy (non-hydrogen) atoms. The number of carbonyl (C=O) groups is 1. The van der Waals surface area contributed by atoms with Gasteiger partial charge in [0.05, 0.1) is 9.88 Å². The van der Waals surface area contributed by atoms with Gasteiger partial charge in [0.15, 0.2) is 0 Å². The molecule has 0 unspecified atom stereocenters. The van der Waals surface area contributed by atoms with Crippen LogP contribution in [0, 0.1) is 20.8 Å². The largest absolute Gasteiger partial charge is 0.487 e. The molecule has 1 aromatic carbocycles. The average Bonchev–Trinajstić information content (AvgIpc) is 2.81. The molecule has 0 aliphatic heterocycles. The third kappa shape index (κ3) is 4.16. The number of aryl methyl sites for hydroxylation is 3. The summed E-state index contributed by atoms with van der Waals surface area (Å²) in [4.78, 5) is 15.8. The SMILES string of the molecule is Cc1ncc(COc2c(C)cc(C=CC(=O)O)cc2C)s1. The third-order valence-corrected chi connectivity index (χ3v) is 3.82. The van der Waals surface area contributed by atoms with Crippen molar-refractivity contribution in [2.75, 3.05) is 0 Å². The molecule has 1 aromatic heterocycles. The molecular formula is C16H17NO3S. The fourth-order valence-electron chi connectivity index (χ4n) is 2.09. The van der Waals surface area contributed by atoms with Gasteiger partial charge in [-0.25, -0.2) is 9.78 Å². The molecule has 0 saturated heterocycles. The van der Waals surface area contributed by atoms with Gasteiger partial charge in [-0.3, -0.25) is 0 Å². The van der Waals surface area contributed by atoms with E-state index >= 15 is 0 Å². The minimum atomic E-state index is -0.953. The first-order valence-corrected chi connectivity index (χ1v) is 7.33. The van der Waals surface area contributed by atoms with Crippen molar-refractivity contribution >= 4 is 23.4 Å². The first kappa shape index (κ1) is 15.3. The van der Waals surface area contributed by atoms with Crippen molar-refractivity contribution in [3.8, 4) is 5.75 Å². The van der Waals surface area contributed by atoms with Crippen LogP contribution in [0.2, 0.25) is 0 Å². The fourth-order valence-corrected chi connectivity index (χ4v) is 2.80. The number of hydrogen-bond acceptors (Lipinski definition) is 4. The van der Waals surface area contributed by atoms with Crippen molar-refractivity contribution in [3.63, 3.8) is 0 Å². The molecule has 1 N–H and O–H groups in total. The van der Waals surface area contributed by atoms with Crippen LogP contribution in [0.1, 0.15) is 26.6 Å². The van der Waals surface area contributed by atoms with Crippen LogP contribution in [0.15, 0.2) is 24.4 Å².